The third kappa shape index (κ3) is 3.67. The second kappa shape index (κ2) is 6.99. The summed E-state index contributed by atoms with van der Waals surface area (Å²) < 4.78 is 15.9. The van der Waals surface area contributed by atoms with Crippen LogP contribution in [0.3, 0.4) is 0 Å². The van der Waals surface area contributed by atoms with Crippen LogP contribution in [0.2, 0.25) is 0 Å². The molecule has 1 aliphatic rings. The molecule has 5 heteroatoms. The van der Waals surface area contributed by atoms with Gasteiger partial charge in [-0.2, -0.15) is 12.6 Å². The smallest absolute Gasteiger partial charge is 0.337 e. The van der Waals surface area contributed by atoms with E-state index in [1.165, 1.54) is 7.11 Å². The number of carbonyl (C=O) groups is 1. The lowest BCUT2D eigenvalue weighted by Crippen LogP contribution is -2.36. The molecule has 1 saturated heterocycles. The summed E-state index contributed by atoms with van der Waals surface area (Å²) in [5.41, 5.74) is 0.609. The number of methoxy groups -OCH3 is 1. The van der Waals surface area contributed by atoms with E-state index in [9.17, 15) is 4.79 Å². The first-order chi connectivity index (χ1) is 9.69. The molecule has 1 aliphatic heterocycles. The lowest BCUT2D eigenvalue weighted by molar-refractivity contribution is 0.00310. The van der Waals surface area contributed by atoms with Crippen LogP contribution in [-0.2, 0) is 9.47 Å². The SMILES string of the molecule is COC(=O)c1ccc(OCC2(CS)CCOCC2)cc1. The lowest BCUT2D eigenvalue weighted by atomic mass is 9.83. The zero-order valence-corrected chi connectivity index (χ0v) is 12.5. The summed E-state index contributed by atoms with van der Waals surface area (Å²) in [5, 5.41) is 0. The van der Waals surface area contributed by atoms with Crippen LogP contribution in [0.5, 0.6) is 5.75 Å². The van der Waals surface area contributed by atoms with Gasteiger partial charge in [-0.25, -0.2) is 4.79 Å². The van der Waals surface area contributed by atoms with Gasteiger partial charge in [0.2, 0.25) is 0 Å². The van der Waals surface area contributed by atoms with Crippen molar-refractivity contribution in [2.75, 3.05) is 32.7 Å². The maximum absolute atomic E-state index is 11.3. The average Bonchev–Trinajstić information content (AvgIpc) is 2.53. The normalized spacial score (nSPS) is 17.5. The molecular weight excluding hydrogens is 276 g/mol. The Bertz CT molecular complexity index is 438. The predicted octanol–water partition coefficient (Wildman–Crippen LogP) is 2.58. The molecule has 0 atom stereocenters. The van der Waals surface area contributed by atoms with Crippen LogP contribution in [0, 0.1) is 5.41 Å². The minimum atomic E-state index is -0.340. The molecular formula is C15H20O4S. The lowest BCUT2D eigenvalue weighted by Gasteiger charge is -2.35. The number of benzene rings is 1. The van der Waals surface area contributed by atoms with E-state index >= 15 is 0 Å². The summed E-state index contributed by atoms with van der Waals surface area (Å²) in [4.78, 5) is 11.3. The van der Waals surface area contributed by atoms with Crippen molar-refractivity contribution in [3.63, 3.8) is 0 Å². The van der Waals surface area contributed by atoms with Crippen molar-refractivity contribution in [3.05, 3.63) is 29.8 Å². The van der Waals surface area contributed by atoms with Crippen molar-refractivity contribution in [1.82, 2.24) is 0 Å². The molecule has 0 amide bonds. The first kappa shape index (κ1) is 15.2. The molecule has 0 bridgehead atoms. The molecule has 4 nitrogen and oxygen atoms in total. The van der Waals surface area contributed by atoms with Crippen LogP contribution < -0.4 is 4.74 Å². The Hall–Kier alpha value is -1.20. The van der Waals surface area contributed by atoms with E-state index in [1.807, 2.05) is 0 Å². The van der Waals surface area contributed by atoms with Gasteiger partial charge in [-0.05, 0) is 42.9 Å². The molecule has 0 aliphatic carbocycles. The van der Waals surface area contributed by atoms with Crippen LogP contribution in [0.4, 0.5) is 0 Å². The van der Waals surface area contributed by atoms with Crippen LogP contribution >= 0.6 is 12.6 Å². The van der Waals surface area contributed by atoms with Crippen LogP contribution in [0.1, 0.15) is 23.2 Å². The van der Waals surface area contributed by atoms with Crippen molar-refractivity contribution in [2.24, 2.45) is 5.41 Å². The number of rotatable bonds is 5. The Balaban J connectivity index is 1.94. The highest BCUT2D eigenvalue weighted by atomic mass is 32.1. The Morgan fingerprint density at radius 3 is 2.50 bits per heavy atom. The van der Waals surface area contributed by atoms with Gasteiger partial charge in [-0.3, -0.25) is 0 Å². The average molecular weight is 296 g/mol. The molecule has 1 fully saturated rings. The fourth-order valence-corrected chi connectivity index (χ4v) is 2.60. The molecule has 0 radical (unpaired) electrons. The van der Waals surface area contributed by atoms with Gasteiger partial charge in [0.05, 0.1) is 19.3 Å². The van der Waals surface area contributed by atoms with Gasteiger partial charge in [0.15, 0.2) is 0 Å². The fraction of sp³-hybridized carbons (Fsp3) is 0.533. The zero-order chi connectivity index (χ0) is 14.4. The van der Waals surface area contributed by atoms with Gasteiger partial charge < -0.3 is 14.2 Å². The van der Waals surface area contributed by atoms with E-state index in [1.54, 1.807) is 24.3 Å². The Labute approximate surface area is 124 Å². The summed E-state index contributed by atoms with van der Waals surface area (Å²) >= 11 is 4.45. The van der Waals surface area contributed by atoms with Gasteiger partial charge in [-0.1, -0.05) is 0 Å². The minimum Gasteiger partial charge on any atom is -0.493 e. The second-order valence-electron chi connectivity index (χ2n) is 5.08. The van der Waals surface area contributed by atoms with Gasteiger partial charge >= 0.3 is 5.97 Å². The Morgan fingerprint density at radius 2 is 1.95 bits per heavy atom. The number of hydrogen-bond acceptors (Lipinski definition) is 5. The third-order valence-corrected chi connectivity index (χ3v) is 4.38. The van der Waals surface area contributed by atoms with E-state index in [0.717, 1.165) is 37.6 Å². The molecule has 0 spiro atoms. The first-order valence-electron chi connectivity index (χ1n) is 6.69. The van der Waals surface area contributed by atoms with E-state index in [-0.39, 0.29) is 11.4 Å². The van der Waals surface area contributed by atoms with Crippen molar-refractivity contribution >= 4 is 18.6 Å². The molecule has 110 valence electrons. The zero-order valence-electron chi connectivity index (χ0n) is 11.6. The Morgan fingerprint density at radius 1 is 1.30 bits per heavy atom. The molecule has 20 heavy (non-hydrogen) atoms. The maximum Gasteiger partial charge on any atom is 0.337 e. The van der Waals surface area contributed by atoms with Gasteiger partial charge in [0.25, 0.3) is 0 Å². The molecule has 0 N–H and O–H groups in total. The van der Waals surface area contributed by atoms with Gasteiger partial charge in [-0.15, -0.1) is 0 Å². The molecule has 1 aromatic rings. The highest BCUT2D eigenvalue weighted by Gasteiger charge is 2.32. The summed E-state index contributed by atoms with van der Waals surface area (Å²) in [6, 6.07) is 6.99. The highest BCUT2D eigenvalue weighted by Crippen LogP contribution is 2.32. The summed E-state index contributed by atoms with van der Waals surface area (Å²) in [6.07, 6.45) is 1.94. The molecule has 2 rings (SSSR count). The van der Waals surface area contributed by atoms with E-state index in [4.69, 9.17) is 9.47 Å². The van der Waals surface area contributed by atoms with Crippen LogP contribution in [0.15, 0.2) is 24.3 Å². The van der Waals surface area contributed by atoms with Crippen molar-refractivity contribution in [2.45, 2.75) is 12.8 Å². The van der Waals surface area contributed by atoms with Gasteiger partial charge in [0, 0.05) is 18.6 Å². The molecule has 1 aromatic carbocycles. The quantitative estimate of drug-likeness (QED) is 0.670. The van der Waals surface area contributed by atoms with Crippen LogP contribution in [-0.4, -0.2) is 38.7 Å². The third-order valence-electron chi connectivity index (χ3n) is 3.71. The van der Waals surface area contributed by atoms with Crippen molar-refractivity contribution in [3.8, 4) is 5.75 Å². The van der Waals surface area contributed by atoms with Gasteiger partial charge in [0.1, 0.15) is 5.75 Å². The maximum atomic E-state index is 11.3. The van der Waals surface area contributed by atoms with Crippen molar-refractivity contribution in [1.29, 1.82) is 0 Å². The second-order valence-corrected chi connectivity index (χ2v) is 5.39. The highest BCUT2D eigenvalue weighted by molar-refractivity contribution is 7.80. The monoisotopic (exact) mass is 296 g/mol. The first-order valence-corrected chi connectivity index (χ1v) is 7.32. The van der Waals surface area contributed by atoms with E-state index in [2.05, 4.69) is 17.4 Å². The number of hydrogen-bond donors (Lipinski definition) is 1. The molecule has 1 heterocycles. The fourth-order valence-electron chi connectivity index (χ4n) is 2.19. The number of thiol groups is 1. The van der Waals surface area contributed by atoms with Crippen LogP contribution in [0.25, 0.3) is 0 Å². The summed E-state index contributed by atoms with van der Waals surface area (Å²) in [7, 11) is 1.37. The van der Waals surface area contributed by atoms with E-state index < -0.39 is 0 Å². The Kier molecular flexibility index (Phi) is 5.31. The summed E-state index contributed by atoms with van der Waals surface area (Å²) in [5.74, 6) is 1.20. The van der Waals surface area contributed by atoms with Crippen molar-refractivity contribution < 1.29 is 19.0 Å². The minimum absolute atomic E-state index is 0.0857. The topological polar surface area (TPSA) is 44.8 Å². The number of carbonyl (C=O) groups excluding carboxylic acids is 1. The van der Waals surface area contributed by atoms with E-state index in [0.29, 0.717) is 12.2 Å². The molecule has 0 unspecified atom stereocenters. The molecule has 0 saturated carbocycles. The number of ether oxygens (including phenoxy) is 3. The largest absolute Gasteiger partial charge is 0.493 e. The predicted molar refractivity (Wildman–Crippen MR) is 79.6 cm³/mol. The standard InChI is InChI=1S/C15H20O4S/c1-17-14(16)12-2-4-13(5-3-12)19-10-15(11-20)6-8-18-9-7-15/h2-5,20H,6-11H2,1H3. The number of esters is 1. The summed E-state index contributed by atoms with van der Waals surface area (Å²) in [6.45, 7) is 2.16. The molecule has 0 aromatic heterocycles.